The van der Waals surface area contributed by atoms with Crippen LogP contribution in [0.25, 0.3) is 0 Å². The standard InChI is InChI=1S/C15H22N2O/c1-10-3-8-14(11(2)9-10)17-15(18)12-4-6-13(16)7-5-12/h3,8-9,12-13H,4-7,16H2,1-2H3,(H,17,18). The van der Waals surface area contributed by atoms with Crippen LogP contribution in [-0.4, -0.2) is 11.9 Å². The monoisotopic (exact) mass is 246 g/mol. The first kappa shape index (κ1) is 13.1. The fourth-order valence-corrected chi connectivity index (χ4v) is 2.57. The Balaban J connectivity index is 1.98. The lowest BCUT2D eigenvalue weighted by molar-refractivity contribution is -0.120. The molecule has 1 aliphatic carbocycles. The molecule has 0 saturated heterocycles. The lowest BCUT2D eigenvalue weighted by atomic mass is 9.86. The molecule has 1 fully saturated rings. The summed E-state index contributed by atoms with van der Waals surface area (Å²) >= 11 is 0. The second-order valence-corrected chi connectivity index (χ2v) is 5.42. The zero-order valence-electron chi connectivity index (χ0n) is 11.2. The van der Waals surface area contributed by atoms with Crippen molar-refractivity contribution in [3.8, 4) is 0 Å². The van der Waals surface area contributed by atoms with Crippen molar-refractivity contribution >= 4 is 11.6 Å². The summed E-state index contributed by atoms with van der Waals surface area (Å²) in [5.74, 6) is 0.277. The van der Waals surface area contributed by atoms with Gasteiger partial charge in [-0.15, -0.1) is 0 Å². The molecule has 0 bridgehead atoms. The van der Waals surface area contributed by atoms with E-state index in [0.717, 1.165) is 36.9 Å². The van der Waals surface area contributed by atoms with E-state index in [1.165, 1.54) is 5.56 Å². The van der Waals surface area contributed by atoms with Gasteiger partial charge in [0.05, 0.1) is 0 Å². The molecule has 0 unspecified atom stereocenters. The lowest BCUT2D eigenvalue weighted by Gasteiger charge is -2.25. The first-order chi connectivity index (χ1) is 8.56. The summed E-state index contributed by atoms with van der Waals surface area (Å²) in [7, 11) is 0. The molecule has 0 spiro atoms. The minimum absolute atomic E-state index is 0.130. The number of aryl methyl sites for hydroxylation is 2. The van der Waals surface area contributed by atoms with Gasteiger partial charge in [-0.3, -0.25) is 4.79 Å². The SMILES string of the molecule is Cc1ccc(NC(=O)C2CCC(N)CC2)c(C)c1. The van der Waals surface area contributed by atoms with Gasteiger partial charge >= 0.3 is 0 Å². The Kier molecular flexibility index (Phi) is 4.02. The van der Waals surface area contributed by atoms with Gasteiger partial charge < -0.3 is 11.1 Å². The third-order valence-electron chi connectivity index (χ3n) is 3.78. The predicted octanol–water partition coefficient (Wildman–Crippen LogP) is 2.76. The lowest BCUT2D eigenvalue weighted by Crippen LogP contribution is -2.32. The number of rotatable bonds is 2. The average molecular weight is 246 g/mol. The summed E-state index contributed by atoms with van der Waals surface area (Å²) in [6, 6.07) is 6.39. The van der Waals surface area contributed by atoms with E-state index in [2.05, 4.69) is 18.3 Å². The molecule has 1 amide bonds. The molecule has 1 aromatic carbocycles. The summed E-state index contributed by atoms with van der Waals surface area (Å²) in [6.07, 6.45) is 3.76. The summed E-state index contributed by atoms with van der Waals surface area (Å²) in [5.41, 5.74) is 9.13. The molecule has 3 N–H and O–H groups in total. The highest BCUT2D eigenvalue weighted by Crippen LogP contribution is 2.25. The van der Waals surface area contributed by atoms with Crippen LogP contribution in [0.4, 0.5) is 5.69 Å². The van der Waals surface area contributed by atoms with E-state index in [1.807, 2.05) is 19.1 Å². The molecule has 18 heavy (non-hydrogen) atoms. The van der Waals surface area contributed by atoms with E-state index in [4.69, 9.17) is 5.73 Å². The summed E-state index contributed by atoms with van der Waals surface area (Å²) in [5, 5.41) is 3.04. The molecular formula is C15H22N2O. The molecule has 0 atom stereocenters. The molecule has 0 heterocycles. The minimum Gasteiger partial charge on any atom is -0.328 e. The maximum atomic E-state index is 12.2. The second-order valence-electron chi connectivity index (χ2n) is 5.42. The number of hydrogen-bond donors (Lipinski definition) is 2. The molecular weight excluding hydrogens is 224 g/mol. The summed E-state index contributed by atoms with van der Waals surface area (Å²) < 4.78 is 0. The Morgan fingerprint density at radius 3 is 2.50 bits per heavy atom. The number of benzene rings is 1. The van der Waals surface area contributed by atoms with E-state index in [0.29, 0.717) is 0 Å². The van der Waals surface area contributed by atoms with Gasteiger partial charge in [-0.1, -0.05) is 17.7 Å². The first-order valence-electron chi connectivity index (χ1n) is 6.70. The number of hydrogen-bond acceptors (Lipinski definition) is 2. The Morgan fingerprint density at radius 2 is 1.89 bits per heavy atom. The van der Waals surface area contributed by atoms with E-state index in [-0.39, 0.29) is 17.9 Å². The van der Waals surface area contributed by atoms with Gasteiger partial charge in [0, 0.05) is 17.6 Å². The molecule has 0 aliphatic heterocycles. The van der Waals surface area contributed by atoms with Crippen molar-refractivity contribution in [2.75, 3.05) is 5.32 Å². The maximum Gasteiger partial charge on any atom is 0.227 e. The largest absolute Gasteiger partial charge is 0.328 e. The van der Waals surface area contributed by atoms with E-state index >= 15 is 0 Å². The van der Waals surface area contributed by atoms with Crippen molar-refractivity contribution < 1.29 is 4.79 Å². The third-order valence-corrected chi connectivity index (χ3v) is 3.78. The van der Waals surface area contributed by atoms with Crippen LogP contribution in [0.3, 0.4) is 0 Å². The molecule has 3 nitrogen and oxygen atoms in total. The van der Waals surface area contributed by atoms with Gasteiger partial charge in [0.25, 0.3) is 0 Å². The predicted molar refractivity (Wildman–Crippen MR) is 74.5 cm³/mol. The van der Waals surface area contributed by atoms with Crippen LogP contribution >= 0.6 is 0 Å². The molecule has 1 aromatic rings. The molecule has 3 heteroatoms. The number of carbonyl (C=O) groups is 1. The van der Waals surface area contributed by atoms with Crippen LogP contribution in [0.2, 0.25) is 0 Å². The summed E-state index contributed by atoms with van der Waals surface area (Å²) in [6.45, 7) is 4.08. The highest BCUT2D eigenvalue weighted by atomic mass is 16.1. The van der Waals surface area contributed by atoms with Gasteiger partial charge in [0.2, 0.25) is 5.91 Å². The normalized spacial score (nSPS) is 23.7. The molecule has 98 valence electrons. The molecule has 1 aliphatic rings. The van der Waals surface area contributed by atoms with Crippen molar-refractivity contribution in [3.63, 3.8) is 0 Å². The average Bonchev–Trinajstić information content (AvgIpc) is 2.33. The second kappa shape index (κ2) is 5.53. The van der Waals surface area contributed by atoms with Crippen molar-refractivity contribution in [2.24, 2.45) is 11.7 Å². The Hall–Kier alpha value is -1.35. The zero-order valence-corrected chi connectivity index (χ0v) is 11.2. The van der Waals surface area contributed by atoms with Crippen LogP contribution in [0, 0.1) is 19.8 Å². The van der Waals surface area contributed by atoms with Gasteiger partial charge in [0.1, 0.15) is 0 Å². The quantitative estimate of drug-likeness (QED) is 0.843. The van der Waals surface area contributed by atoms with Crippen LogP contribution in [0.15, 0.2) is 18.2 Å². The topological polar surface area (TPSA) is 55.1 Å². The Bertz CT molecular complexity index is 434. The number of amides is 1. The highest BCUT2D eigenvalue weighted by Gasteiger charge is 2.24. The van der Waals surface area contributed by atoms with Gasteiger partial charge in [-0.2, -0.15) is 0 Å². The number of nitrogens with one attached hydrogen (secondary N) is 1. The number of anilines is 1. The fourth-order valence-electron chi connectivity index (χ4n) is 2.57. The maximum absolute atomic E-state index is 12.2. The smallest absolute Gasteiger partial charge is 0.227 e. The van der Waals surface area contributed by atoms with Gasteiger partial charge in [0.15, 0.2) is 0 Å². The molecule has 2 rings (SSSR count). The fraction of sp³-hybridized carbons (Fsp3) is 0.533. The van der Waals surface area contributed by atoms with Crippen LogP contribution in [0.1, 0.15) is 36.8 Å². The van der Waals surface area contributed by atoms with Crippen molar-refractivity contribution in [2.45, 2.75) is 45.6 Å². The molecule has 0 radical (unpaired) electrons. The van der Waals surface area contributed by atoms with Crippen molar-refractivity contribution in [3.05, 3.63) is 29.3 Å². The Morgan fingerprint density at radius 1 is 1.22 bits per heavy atom. The van der Waals surface area contributed by atoms with Crippen LogP contribution in [-0.2, 0) is 4.79 Å². The first-order valence-corrected chi connectivity index (χ1v) is 6.70. The summed E-state index contributed by atoms with van der Waals surface area (Å²) in [4.78, 5) is 12.2. The van der Waals surface area contributed by atoms with Crippen molar-refractivity contribution in [1.82, 2.24) is 0 Å². The minimum atomic E-state index is 0.130. The molecule has 1 saturated carbocycles. The highest BCUT2D eigenvalue weighted by molar-refractivity contribution is 5.93. The number of nitrogens with two attached hydrogens (primary N) is 1. The number of carbonyl (C=O) groups excluding carboxylic acids is 1. The Labute approximate surface area is 109 Å². The van der Waals surface area contributed by atoms with Crippen molar-refractivity contribution in [1.29, 1.82) is 0 Å². The van der Waals surface area contributed by atoms with E-state index in [9.17, 15) is 4.79 Å². The van der Waals surface area contributed by atoms with Crippen LogP contribution in [0.5, 0.6) is 0 Å². The molecule has 0 aromatic heterocycles. The zero-order chi connectivity index (χ0) is 13.1. The van der Waals surface area contributed by atoms with E-state index in [1.54, 1.807) is 0 Å². The third kappa shape index (κ3) is 3.10. The van der Waals surface area contributed by atoms with E-state index < -0.39 is 0 Å². The van der Waals surface area contributed by atoms with Crippen LogP contribution < -0.4 is 11.1 Å². The van der Waals surface area contributed by atoms with Gasteiger partial charge in [-0.05, 0) is 51.2 Å². The van der Waals surface area contributed by atoms with Gasteiger partial charge in [-0.25, -0.2) is 0 Å².